The van der Waals surface area contributed by atoms with Crippen LogP contribution in [0.5, 0.6) is 5.75 Å². The van der Waals surface area contributed by atoms with Crippen LogP contribution in [0.15, 0.2) is 66.7 Å². The van der Waals surface area contributed by atoms with Crippen molar-refractivity contribution in [2.45, 2.75) is 12.3 Å². The number of phenolic OH excluding ortho intramolecular Hbond substituents is 1. The molecule has 3 aromatic carbocycles. The Bertz CT molecular complexity index is 1200. The molecule has 0 fully saturated rings. The average Bonchev–Trinajstić information content (AvgIpc) is 3.12. The van der Waals surface area contributed by atoms with Crippen molar-refractivity contribution in [1.29, 1.82) is 0 Å². The molecule has 0 unspecified atom stereocenters. The zero-order valence-corrected chi connectivity index (χ0v) is 17.1. The summed E-state index contributed by atoms with van der Waals surface area (Å²) in [7, 11) is 0. The van der Waals surface area contributed by atoms with Gasteiger partial charge < -0.3 is 15.2 Å². The van der Waals surface area contributed by atoms with Crippen LogP contribution in [0, 0.1) is 22.0 Å². The molecule has 0 heterocycles. The number of nitro benzene ring substituents is 1. The lowest BCUT2D eigenvalue weighted by Crippen LogP contribution is -2.26. The Kier molecular flexibility index (Phi) is 6.04. The molecule has 4 rings (SSSR count). The van der Waals surface area contributed by atoms with E-state index in [2.05, 4.69) is 41.4 Å². The van der Waals surface area contributed by atoms with Crippen molar-refractivity contribution >= 4 is 11.8 Å². The highest BCUT2D eigenvalue weighted by Crippen LogP contribution is 2.44. The van der Waals surface area contributed by atoms with Crippen molar-refractivity contribution in [2.24, 2.45) is 0 Å². The van der Waals surface area contributed by atoms with Crippen LogP contribution in [-0.4, -0.2) is 29.3 Å². The second-order valence-electron chi connectivity index (χ2n) is 7.26. The van der Waals surface area contributed by atoms with Gasteiger partial charge in [-0.3, -0.25) is 10.1 Å². The summed E-state index contributed by atoms with van der Waals surface area (Å²) in [5.74, 6) is 5.22. The number of alkyl carbamates (subject to hydrolysis) is 1. The zero-order valence-electron chi connectivity index (χ0n) is 17.1. The van der Waals surface area contributed by atoms with Crippen molar-refractivity contribution in [2.75, 3.05) is 13.2 Å². The predicted molar refractivity (Wildman–Crippen MR) is 119 cm³/mol. The van der Waals surface area contributed by atoms with E-state index in [0.717, 1.165) is 11.1 Å². The molecule has 1 aliphatic carbocycles. The van der Waals surface area contributed by atoms with E-state index >= 15 is 0 Å². The van der Waals surface area contributed by atoms with Crippen LogP contribution in [0.4, 0.5) is 10.5 Å². The molecule has 0 radical (unpaired) electrons. The number of fused-ring (bicyclic) bond motifs is 3. The fourth-order valence-corrected chi connectivity index (χ4v) is 3.79. The van der Waals surface area contributed by atoms with Crippen LogP contribution in [0.2, 0.25) is 0 Å². The zero-order chi connectivity index (χ0) is 22.5. The second-order valence-corrected chi connectivity index (χ2v) is 7.26. The first kappa shape index (κ1) is 20.9. The Labute approximate surface area is 184 Å². The number of ether oxygens (including phenoxy) is 1. The highest BCUT2D eigenvalue weighted by atomic mass is 16.6. The average molecular weight is 428 g/mol. The summed E-state index contributed by atoms with van der Waals surface area (Å²) < 4.78 is 5.46. The topological polar surface area (TPSA) is 102 Å². The molecular formula is C25H20N2O5. The summed E-state index contributed by atoms with van der Waals surface area (Å²) in [6.07, 6.45) is -0.173. The summed E-state index contributed by atoms with van der Waals surface area (Å²) in [6, 6.07) is 20.2. The van der Waals surface area contributed by atoms with Crippen LogP contribution in [0.1, 0.15) is 29.0 Å². The molecule has 1 amide bonds. The SMILES string of the molecule is O=C(NCCC#Cc1ccc(O)c([N+](=O)[O-])c1)OCC1c2ccccc2-c2ccccc21. The van der Waals surface area contributed by atoms with Gasteiger partial charge in [-0.05, 0) is 34.4 Å². The number of hydrogen-bond acceptors (Lipinski definition) is 5. The number of nitrogens with one attached hydrogen (secondary N) is 1. The molecule has 0 bridgehead atoms. The third-order valence-electron chi connectivity index (χ3n) is 5.27. The first-order valence-corrected chi connectivity index (χ1v) is 10.1. The van der Waals surface area contributed by atoms with Crippen molar-refractivity contribution < 1.29 is 19.6 Å². The molecule has 1 aliphatic rings. The van der Waals surface area contributed by atoms with Crippen LogP contribution in [0.25, 0.3) is 11.1 Å². The maximum absolute atomic E-state index is 12.1. The number of amides is 1. The van der Waals surface area contributed by atoms with Gasteiger partial charge in [0.2, 0.25) is 0 Å². The quantitative estimate of drug-likeness (QED) is 0.268. The summed E-state index contributed by atoms with van der Waals surface area (Å²) in [4.78, 5) is 22.3. The number of benzene rings is 3. The van der Waals surface area contributed by atoms with Crippen LogP contribution in [0.3, 0.4) is 0 Å². The van der Waals surface area contributed by atoms with E-state index in [1.807, 2.05) is 24.3 Å². The van der Waals surface area contributed by atoms with Gasteiger partial charge in [-0.15, -0.1) is 0 Å². The van der Waals surface area contributed by atoms with Gasteiger partial charge in [-0.1, -0.05) is 60.4 Å². The van der Waals surface area contributed by atoms with E-state index in [9.17, 15) is 20.0 Å². The number of carbonyl (C=O) groups excluding carboxylic acids is 1. The minimum Gasteiger partial charge on any atom is -0.502 e. The standard InChI is InChI=1S/C25H20N2O5/c28-24-13-12-17(15-23(24)27(30)31)7-5-6-14-26-25(29)32-16-22-20-10-3-1-8-18(20)19-9-2-4-11-21(19)22/h1-4,8-13,15,22,28H,6,14,16H2,(H,26,29). The van der Waals surface area contributed by atoms with E-state index < -0.39 is 22.5 Å². The maximum atomic E-state index is 12.1. The Morgan fingerprint density at radius 3 is 2.38 bits per heavy atom. The maximum Gasteiger partial charge on any atom is 0.407 e. The molecule has 3 aromatic rings. The van der Waals surface area contributed by atoms with Gasteiger partial charge >= 0.3 is 11.8 Å². The lowest BCUT2D eigenvalue weighted by molar-refractivity contribution is -0.385. The van der Waals surface area contributed by atoms with Crippen molar-refractivity contribution in [1.82, 2.24) is 5.32 Å². The smallest absolute Gasteiger partial charge is 0.407 e. The Balaban J connectivity index is 1.29. The third-order valence-corrected chi connectivity index (χ3v) is 5.27. The van der Waals surface area contributed by atoms with Crippen LogP contribution >= 0.6 is 0 Å². The first-order valence-electron chi connectivity index (χ1n) is 10.1. The van der Waals surface area contributed by atoms with Crippen molar-refractivity contribution in [3.8, 4) is 28.7 Å². The number of aromatic hydroxyl groups is 1. The number of hydrogen-bond donors (Lipinski definition) is 2. The summed E-state index contributed by atoms with van der Waals surface area (Å²) in [6.45, 7) is 0.520. The lowest BCUT2D eigenvalue weighted by Gasteiger charge is -2.14. The van der Waals surface area contributed by atoms with Gasteiger partial charge in [0.05, 0.1) is 4.92 Å². The molecule has 0 aliphatic heterocycles. The molecule has 7 nitrogen and oxygen atoms in total. The molecule has 0 spiro atoms. The molecule has 0 aromatic heterocycles. The van der Waals surface area contributed by atoms with E-state index in [-0.39, 0.29) is 19.1 Å². The number of nitro groups is 1. The van der Waals surface area contributed by atoms with Crippen LogP contribution < -0.4 is 5.32 Å². The molecular weight excluding hydrogens is 408 g/mol. The van der Waals surface area contributed by atoms with Crippen LogP contribution in [-0.2, 0) is 4.74 Å². The number of carbonyl (C=O) groups is 1. The predicted octanol–water partition coefficient (Wildman–Crippen LogP) is 4.58. The number of nitrogens with zero attached hydrogens (tertiary/aromatic N) is 1. The Morgan fingerprint density at radius 1 is 1.06 bits per heavy atom. The summed E-state index contributed by atoms with van der Waals surface area (Å²) in [5, 5.41) is 23.0. The van der Waals surface area contributed by atoms with Gasteiger partial charge in [-0.25, -0.2) is 4.79 Å². The molecule has 32 heavy (non-hydrogen) atoms. The Hall–Kier alpha value is -4.31. The monoisotopic (exact) mass is 428 g/mol. The van der Waals surface area contributed by atoms with Crippen molar-refractivity contribution in [3.63, 3.8) is 0 Å². The molecule has 7 heteroatoms. The van der Waals surface area contributed by atoms with Gasteiger partial charge in [0, 0.05) is 30.5 Å². The minimum absolute atomic E-state index is 0.00164. The fourth-order valence-electron chi connectivity index (χ4n) is 3.79. The molecule has 0 saturated carbocycles. The second kappa shape index (κ2) is 9.23. The molecule has 160 valence electrons. The van der Waals surface area contributed by atoms with E-state index in [4.69, 9.17) is 4.74 Å². The number of phenols is 1. The highest BCUT2D eigenvalue weighted by Gasteiger charge is 2.28. The largest absolute Gasteiger partial charge is 0.502 e. The normalized spacial score (nSPS) is 11.6. The molecule has 0 atom stereocenters. The summed E-state index contributed by atoms with van der Waals surface area (Å²) >= 11 is 0. The van der Waals surface area contributed by atoms with Gasteiger partial charge in [0.1, 0.15) is 6.61 Å². The third kappa shape index (κ3) is 4.40. The highest BCUT2D eigenvalue weighted by molar-refractivity contribution is 5.79. The molecule has 0 saturated heterocycles. The van der Waals surface area contributed by atoms with Gasteiger partial charge in [-0.2, -0.15) is 0 Å². The van der Waals surface area contributed by atoms with Crippen molar-refractivity contribution in [3.05, 3.63) is 93.5 Å². The lowest BCUT2D eigenvalue weighted by atomic mass is 9.98. The van der Waals surface area contributed by atoms with E-state index in [0.29, 0.717) is 12.0 Å². The number of rotatable bonds is 5. The van der Waals surface area contributed by atoms with Gasteiger partial charge in [0.25, 0.3) is 0 Å². The molecule has 2 N–H and O–H groups in total. The van der Waals surface area contributed by atoms with Gasteiger partial charge in [0.15, 0.2) is 5.75 Å². The minimum atomic E-state index is -0.667. The van der Waals surface area contributed by atoms with E-state index in [1.165, 1.54) is 29.3 Å². The Morgan fingerprint density at radius 2 is 1.72 bits per heavy atom. The first-order chi connectivity index (χ1) is 15.5. The van der Waals surface area contributed by atoms with E-state index in [1.54, 1.807) is 0 Å². The fraction of sp³-hybridized carbons (Fsp3) is 0.160. The summed E-state index contributed by atoms with van der Waals surface area (Å²) in [5.41, 5.74) is 4.65.